The van der Waals surface area contributed by atoms with Crippen LogP contribution in [0, 0.1) is 5.82 Å². The van der Waals surface area contributed by atoms with E-state index in [-0.39, 0.29) is 22.5 Å². The van der Waals surface area contributed by atoms with Crippen molar-refractivity contribution in [2.24, 2.45) is 0 Å². The molecule has 100 valence electrons. The fourth-order valence-electron chi connectivity index (χ4n) is 1.79. The molecule has 1 atom stereocenters. The van der Waals surface area contributed by atoms with Crippen LogP contribution in [-0.4, -0.2) is 32.5 Å². The topological polar surface area (TPSA) is 59.2 Å². The summed E-state index contributed by atoms with van der Waals surface area (Å²) in [5.41, 5.74) is 0.229. The average Bonchev–Trinajstić information content (AvgIpc) is 2.92. The molecule has 0 spiro atoms. The first kappa shape index (κ1) is 12.8. The molecule has 4 nitrogen and oxygen atoms in total. The van der Waals surface area contributed by atoms with Crippen LogP contribution in [0.1, 0.15) is 11.1 Å². The third-order valence-electron chi connectivity index (χ3n) is 2.73. The molecule has 7 heteroatoms. The predicted molar refractivity (Wildman–Crippen MR) is 73.9 cm³/mol. The number of hydrogen-bond acceptors (Lipinski definition) is 6. The number of aromatic nitrogens is 2. The zero-order valence-electron chi connectivity index (χ0n) is 9.88. The van der Waals surface area contributed by atoms with Crippen LogP contribution in [0.3, 0.4) is 0 Å². The molecule has 1 unspecified atom stereocenters. The molecule has 0 saturated carbocycles. The number of phenolic OH excluding ortho intramolecular Hbond substituents is 1. The molecule has 0 amide bonds. The van der Waals surface area contributed by atoms with Gasteiger partial charge in [0.1, 0.15) is 11.6 Å². The summed E-state index contributed by atoms with van der Waals surface area (Å²) < 4.78 is 18.3. The Labute approximate surface area is 117 Å². The maximum atomic E-state index is 13.2. The minimum Gasteiger partial charge on any atom is -0.507 e. The Hall–Kier alpha value is -1.21. The Balaban J connectivity index is 1.89. The van der Waals surface area contributed by atoms with E-state index in [1.807, 2.05) is 11.8 Å². The number of thioether (sulfide) groups is 2. The number of hydrogen-bond donors (Lipinski definition) is 1. The van der Waals surface area contributed by atoms with Gasteiger partial charge in [0.05, 0.1) is 10.8 Å². The molecule has 1 fully saturated rings. The van der Waals surface area contributed by atoms with Gasteiger partial charge in [0.15, 0.2) is 5.82 Å². The van der Waals surface area contributed by atoms with Gasteiger partial charge in [-0.15, -0.1) is 11.8 Å². The maximum absolute atomic E-state index is 13.2. The molecule has 0 bridgehead atoms. The van der Waals surface area contributed by atoms with Crippen molar-refractivity contribution in [2.45, 2.75) is 5.25 Å². The molecule has 1 aliphatic rings. The van der Waals surface area contributed by atoms with Gasteiger partial charge < -0.3 is 9.63 Å². The van der Waals surface area contributed by atoms with Gasteiger partial charge in [0.2, 0.25) is 0 Å². The lowest BCUT2D eigenvalue weighted by Crippen LogP contribution is -2.07. The molecular formula is C12H11FN2O2S2. The summed E-state index contributed by atoms with van der Waals surface area (Å²) in [6.07, 6.45) is 0. The van der Waals surface area contributed by atoms with E-state index < -0.39 is 5.82 Å². The quantitative estimate of drug-likeness (QED) is 0.919. The molecule has 0 radical (unpaired) electrons. The Morgan fingerprint density at radius 3 is 3.05 bits per heavy atom. The number of aromatic hydroxyl groups is 1. The highest BCUT2D eigenvalue weighted by Crippen LogP contribution is 2.36. The van der Waals surface area contributed by atoms with Crippen molar-refractivity contribution in [1.82, 2.24) is 10.1 Å². The van der Waals surface area contributed by atoms with Crippen molar-refractivity contribution >= 4 is 23.5 Å². The van der Waals surface area contributed by atoms with E-state index in [0.717, 1.165) is 17.3 Å². The third kappa shape index (κ3) is 2.71. The van der Waals surface area contributed by atoms with Crippen molar-refractivity contribution in [1.29, 1.82) is 0 Å². The highest BCUT2D eigenvalue weighted by Gasteiger charge is 2.23. The highest BCUT2D eigenvalue weighted by atomic mass is 32.2. The van der Waals surface area contributed by atoms with Gasteiger partial charge in [-0.3, -0.25) is 0 Å². The lowest BCUT2D eigenvalue weighted by molar-refractivity contribution is 0.417. The van der Waals surface area contributed by atoms with Crippen LogP contribution >= 0.6 is 23.5 Å². The third-order valence-corrected chi connectivity index (χ3v) is 5.49. The molecule has 19 heavy (non-hydrogen) atoms. The van der Waals surface area contributed by atoms with Crippen LogP contribution in [0.4, 0.5) is 4.39 Å². The molecule has 1 aromatic carbocycles. The number of rotatable bonds is 2. The Morgan fingerprint density at radius 2 is 2.26 bits per heavy atom. The van der Waals surface area contributed by atoms with Crippen LogP contribution in [0.5, 0.6) is 5.75 Å². The molecule has 1 N–H and O–H groups in total. The van der Waals surface area contributed by atoms with E-state index in [9.17, 15) is 9.50 Å². The first-order chi connectivity index (χ1) is 9.24. The van der Waals surface area contributed by atoms with Crippen molar-refractivity contribution in [3.8, 4) is 17.2 Å². The highest BCUT2D eigenvalue weighted by molar-refractivity contribution is 8.06. The largest absolute Gasteiger partial charge is 0.507 e. The number of nitrogens with zero attached hydrogens (tertiary/aromatic N) is 2. The second-order valence-corrected chi connectivity index (χ2v) is 6.51. The van der Waals surface area contributed by atoms with Gasteiger partial charge in [-0.05, 0) is 18.2 Å². The van der Waals surface area contributed by atoms with Crippen LogP contribution in [0.15, 0.2) is 22.7 Å². The van der Waals surface area contributed by atoms with E-state index in [4.69, 9.17) is 4.52 Å². The number of benzene rings is 1. The molecule has 1 aromatic heterocycles. The Morgan fingerprint density at radius 1 is 1.37 bits per heavy atom. The molecule has 2 heterocycles. The summed E-state index contributed by atoms with van der Waals surface area (Å²) in [5, 5.41) is 13.8. The number of phenols is 1. The van der Waals surface area contributed by atoms with Gasteiger partial charge in [0, 0.05) is 17.3 Å². The van der Waals surface area contributed by atoms with Crippen molar-refractivity contribution < 1.29 is 14.0 Å². The van der Waals surface area contributed by atoms with E-state index in [0.29, 0.717) is 5.82 Å². The van der Waals surface area contributed by atoms with Crippen LogP contribution in [-0.2, 0) is 0 Å². The second kappa shape index (κ2) is 5.42. The molecule has 3 rings (SSSR count). The zero-order chi connectivity index (χ0) is 13.2. The van der Waals surface area contributed by atoms with Gasteiger partial charge >= 0.3 is 0 Å². The molecular weight excluding hydrogens is 287 g/mol. The smallest absolute Gasteiger partial charge is 0.261 e. The van der Waals surface area contributed by atoms with Gasteiger partial charge in [-0.25, -0.2) is 4.39 Å². The minimum absolute atomic E-state index is 0.0673. The molecule has 2 aromatic rings. The van der Waals surface area contributed by atoms with Crippen LogP contribution in [0.25, 0.3) is 11.5 Å². The molecule has 1 saturated heterocycles. The van der Waals surface area contributed by atoms with Crippen LogP contribution in [0.2, 0.25) is 0 Å². The lowest BCUT2D eigenvalue weighted by Gasteiger charge is -2.16. The standard InChI is InChI=1S/C12H11FN2O2S2/c13-7-1-2-9(16)8(5-7)12-14-11(15-17-12)10-6-18-3-4-19-10/h1-2,5,10,16H,3-4,6H2. The van der Waals surface area contributed by atoms with Crippen molar-refractivity contribution in [3.05, 3.63) is 29.8 Å². The summed E-state index contributed by atoms with van der Waals surface area (Å²) >= 11 is 3.65. The minimum atomic E-state index is -0.449. The van der Waals surface area contributed by atoms with E-state index in [2.05, 4.69) is 10.1 Å². The van der Waals surface area contributed by atoms with Gasteiger partial charge in [-0.1, -0.05) is 5.16 Å². The monoisotopic (exact) mass is 298 g/mol. The predicted octanol–water partition coefficient (Wildman–Crippen LogP) is 3.10. The van der Waals surface area contributed by atoms with Gasteiger partial charge in [0.25, 0.3) is 5.89 Å². The second-order valence-electron chi connectivity index (χ2n) is 4.05. The molecule has 1 aliphatic heterocycles. The number of halogens is 1. The normalized spacial score (nSPS) is 19.5. The van der Waals surface area contributed by atoms with Crippen molar-refractivity contribution in [2.75, 3.05) is 17.3 Å². The van der Waals surface area contributed by atoms with Crippen molar-refractivity contribution in [3.63, 3.8) is 0 Å². The summed E-state index contributed by atoms with van der Waals surface area (Å²) in [5.74, 6) is 3.39. The Kier molecular flexibility index (Phi) is 3.65. The zero-order valence-corrected chi connectivity index (χ0v) is 11.5. The first-order valence-corrected chi connectivity index (χ1v) is 7.96. The SMILES string of the molecule is Oc1ccc(F)cc1-c1nc(C2CSCCS2)no1. The van der Waals surface area contributed by atoms with Crippen LogP contribution < -0.4 is 0 Å². The summed E-state index contributed by atoms with van der Waals surface area (Å²) in [6.45, 7) is 0. The Bertz CT molecular complexity index is 585. The lowest BCUT2D eigenvalue weighted by atomic mass is 10.2. The average molecular weight is 298 g/mol. The summed E-state index contributed by atoms with van der Waals surface area (Å²) in [4.78, 5) is 4.27. The summed E-state index contributed by atoms with van der Waals surface area (Å²) in [6, 6.07) is 3.65. The molecule has 0 aliphatic carbocycles. The van der Waals surface area contributed by atoms with E-state index in [1.165, 1.54) is 18.2 Å². The first-order valence-electron chi connectivity index (χ1n) is 5.76. The maximum Gasteiger partial charge on any atom is 0.261 e. The summed E-state index contributed by atoms with van der Waals surface area (Å²) in [7, 11) is 0. The fraction of sp³-hybridized carbons (Fsp3) is 0.333. The van der Waals surface area contributed by atoms with E-state index in [1.54, 1.807) is 11.8 Å². The van der Waals surface area contributed by atoms with E-state index >= 15 is 0 Å². The fourth-order valence-corrected chi connectivity index (χ4v) is 4.38. The van der Waals surface area contributed by atoms with Gasteiger partial charge in [-0.2, -0.15) is 16.7 Å².